The van der Waals surface area contributed by atoms with Crippen LogP contribution in [0.5, 0.6) is 0 Å². The monoisotopic (exact) mass is 478 g/mol. The molecule has 33 heavy (non-hydrogen) atoms. The number of hydrogen-bond acceptors (Lipinski definition) is 5. The Balaban J connectivity index is 1.63. The van der Waals surface area contributed by atoms with Crippen molar-refractivity contribution >= 4 is 49.9 Å². The number of fused-ring (bicyclic) bond motifs is 1. The molecular formula is C24H19ClN4O3S. The van der Waals surface area contributed by atoms with E-state index in [1.165, 1.54) is 28.6 Å². The molecule has 0 saturated heterocycles. The largest absolute Gasteiger partial charge is 0.322 e. The molecule has 0 aliphatic heterocycles. The molecule has 0 bridgehead atoms. The molecule has 0 aliphatic carbocycles. The molecule has 0 spiro atoms. The minimum Gasteiger partial charge on any atom is -0.322 e. The van der Waals surface area contributed by atoms with Crippen molar-refractivity contribution in [2.24, 2.45) is 0 Å². The number of aromatic nitrogens is 2. The summed E-state index contributed by atoms with van der Waals surface area (Å²) in [7, 11) is -3.97. The first-order valence-electron chi connectivity index (χ1n) is 9.90. The number of halogens is 1. The molecule has 4 rings (SSSR count). The summed E-state index contributed by atoms with van der Waals surface area (Å²) in [6.07, 6.45) is 4.65. The zero-order valence-corrected chi connectivity index (χ0v) is 18.9. The summed E-state index contributed by atoms with van der Waals surface area (Å²) in [5.41, 5.74) is 2.50. The van der Waals surface area contributed by atoms with E-state index in [1.54, 1.807) is 60.9 Å². The molecule has 9 heteroatoms. The molecule has 7 nitrogen and oxygen atoms in total. The fraction of sp³-hybridized carbons (Fsp3) is 0.0417. The number of rotatable bonds is 7. The van der Waals surface area contributed by atoms with Crippen LogP contribution < -0.4 is 9.62 Å². The van der Waals surface area contributed by atoms with Crippen LogP contribution in [0.2, 0.25) is 5.02 Å². The van der Waals surface area contributed by atoms with Crippen LogP contribution >= 0.6 is 11.6 Å². The Hall–Kier alpha value is -3.75. The van der Waals surface area contributed by atoms with Crippen LogP contribution in [0.3, 0.4) is 0 Å². The number of anilines is 2. The van der Waals surface area contributed by atoms with Crippen LogP contribution in [0.1, 0.15) is 10.4 Å². The maximum Gasteiger partial charge on any atom is 0.264 e. The minimum absolute atomic E-state index is 0.0173. The van der Waals surface area contributed by atoms with E-state index >= 15 is 0 Å². The van der Waals surface area contributed by atoms with E-state index < -0.39 is 15.9 Å². The normalized spacial score (nSPS) is 11.2. The summed E-state index contributed by atoms with van der Waals surface area (Å²) in [6, 6.07) is 17.5. The second kappa shape index (κ2) is 9.40. The highest BCUT2D eigenvalue weighted by Gasteiger charge is 2.25. The van der Waals surface area contributed by atoms with E-state index in [2.05, 4.69) is 21.9 Å². The molecule has 0 atom stereocenters. The first-order valence-corrected chi connectivity index (χ1v) is 11.7. The van der Waals surface area contributed by atoms with E-state index in [9.17, 15) is 13.2 Å². The highest BCUT2D eigenvalue weighted by Crippen LogP contribution is 2.26. The van der Waals surface area contributed by atoms with Crippen molar-refractivity contribution in [1.29, 1.82) is 0 Å². The number of benzene rings is 3. The van der Waals surface area contributed by atoms with Gasteiger partial charge in [-0.2, -0.15) is 0 Å². The van der Waals surface area contributed by atoms with Crippen molar-refractivity contribution in [3.8, 4) is 0 Å². The van der Waals surface area contributed by atoms with E-state index in [0.29, 0.717) is 27.4 Å². The maximum atomic E-state index is 13.4. The van der Waals surface area contributed by atoms with Crippen LogP contribution in [0, 0.1) is 0 Å². The highest BCUT2D eigenvalue weighted by atomic mass is 35.5. The quantitative estimate of drug-likeness (QED) is 0.381. The Morgan fingerprint density at radius 3 is 2.45 bits per heavy atom. The molecule has 4 aromatic rings. The predicted octanol–water partition coefficient (Wildman–Crippen LogP) is 4.92. The topological polar surface area (TPSA) is 92.3 Å². The van der Waals surface area contributed by atoms with Crippen molar-refractivity contribution < 1.29 is 13.2 Å². The number of nitrogens with zero attached hydrogens (tertiary/aromatic N) is 3. The number of hydrogen-bond donors (Lipinski definition) is 1. The zero-order chi connectivity index (χ0) is 23.4. The number of carbonyl (C=O) groups excluding carboxylic acids is 1. The van der Waals surface area contributed by atoms with Gasteiger partial charge in [0.05, 0.1) is 28.2 Å². The van der Waals surface area contributed by atoms with Crippen LogP contribution in [0.25, 0.3) is 11.0 Å². The van der Waals surface area contributed by atoms with Gasteiger partial charge in [0.15, 0.2) is 0 Å². The first kappa shape index (κ1) is 22.4. The van der Waals surface area contributed by atoms with Crippen LogP contribution in [0.15, 0.2) is 96.7 Å². The van der Waals surface area contributed by atoms with Gasteiger partial charge < -0.3 is 5.32 Å². The molecule has 0 saturated carbocycles. The van der Waals surface area contributed by atoms with Gasteiger partial charge in [0.2, 0.25) is 0 Å². The molecule has 1 N–H and O–H groups in total. The third-order valence-electron chi connectivity index (χ3n) is 4.82. The van der Waals surface area contributed by atoms with Gasteiger partial charge in [0.25, 0.3) is 15.9 Å². The molecule has 0 aliphatic rings. The van der Waals surface area contributed by atoms with Gasteiger partial charge in [-0.3, -0.25) is 19.1 Å². The van der Waals surface area contributed by atoms with Gasteiger partial charge in [0.1, 0.15) is 0 Å². The van der Waals surface area contributed by atoms with Crippen molar-refractivity contribution in [2.75, 3.05) is 16.2 Å². The summed E-state index contributed by atoms with van der Waals surface area (Å²) < 4.78 is 28.0. The van der Waals surface area contributed by atoms with Crippen molar-refractivity contribution in [2.45, 2.75) is 4.90 Å². The lowest BCUT2D eigenvalue weighted by Gasteiger charge is -2.23. The van der Waals surface area contributed by atoms with Gasteiger partial charge in [-0.05, 0) is 60.7 Å². The van der Waals surface area contributed by atoms with Crippen molar-refractivity contribution in [1.82, 2.24) is 9.97 Å². The smallest absolute Gasteiger partial charge is 0.264 e. The lowest BCUT2D eigenvalue weighted by Crippen LogP contribution is -2.31. The summed E-state index contributed by atoms with van der Waals surface area (Å²) in [6.45, 7) is 3.71. The molecular weight excluding hydrogens is 460 g/mol. The third-order valence-corrected chi connectivity index (χ3v) is 6.86. The molecule has 0 fully saturated rings. The summed E-state index contributed by atoms with van der Waals surface area (Å²) in [5.74, 6) is -0.447. The van der Waals surface area contributed by atoms with E-state index in [4.69, 9.17) is 11.6 Å². The van der Waals surface area contributed by atoms with Gasteiger partial charge >= 0.3 is 0 Å². The molecule has 1 amide bonds. The molecule has 0 unspecified atom stereocenters. The number of sulfonamides is 1. The second-order valence-electron chi connectivity index (χ2n) is 7.04. The Bertz CT molecular complexity index is 1440. The van der Waals surface area contributed by atoms with E-state index in [-0.39, 0.29) is 17.0 Å². The molecule has 1 heterocycles. The third kappa shape index (κ3) is 4.87. The summed E-state index contributed by atoms with van der Waals surface area (Å²) in [5, 5.41) is 3.27. The van der Waals surface area contributed by atoms with Crippen molar-refractivity contribution in [3.63, 3.8) is 0 Å². The Kier molecular flexibility index (Phi) is 6.39. The van der Waals surface area contributed by atoms with Gasteiger partial charge in [0, 0.05) is 28.7 Å². The first-order chi connectivity index (χ1) is 15.9. The fourth-order valence-corrected chi connectivity index (χ4v) is 4.84. The lowest BCUT2D eigenvalue weighted by atomic mass is 10.2. The molecule has 166 valence electrons. The standard InChI is InChI=1S/C24H19ClN4O3S/c1-2-14-29(20-9-6-18(25)7-10-20)33(31,32)21-5-3-4-17(15-21)24(30)28-19-8-11-22-23(16-19)27-13-12-26-22/h2-13,15-16H,1,14H2,(H,28,30). The average Bonchev–Trinajstić information content (AvgIpc) is 2.83. The average molecular weight is 479 g/mol. The number of carbonyl (C=O) groups is 1. The SMILES string of the molecule is C=CCN(c1ccc(Cl)cc1)S(=O)(=O)c1cccc(C(=O)Nc2ccc3nccnc3c2)c1. The van der Waals surface area contributed by atoms with Crippen LogP contribution in [-0.2, 0) is 10.0 Å². The molecule has 0 radical (unpaired) electrons. The minimum atomic E-state index is -3.97. The Labute approximate surface area is 196 Å². The van der Waals surface area contributed by atoms with E-state index in [1.807, 2.05) is 0 Å². The van der Waals surface area contributed by atoms with Gasteiger partial charge in [-0.25, -0.2) is 8.42 Å². The number of amides is 1. The van der Waals surface area contributed by atoms with Gasteiger partial charge in [-0.1, -0.05) is 23.7 Å². The van der Waals surface area contributed by atoms with Crippen LogP contribution in [-0.4, -0.2) is 30.8 Å². The second-order valence-corrected chi connectivity index (χ2v) is 9.34. The molecule has 1 aromatic heterocycles. The summed E-state index contributed by atoms with van der Waals surface area (Å²) >= 11 is 5.94. The van der Waals surface area contributed by atoms with E-state index in [0.717, 1.165) is 0 Å². The zero-order valence-electron chi connectivity index (χ0n) is 17.3. The lowest BCUT2D eigenvalue weighted by molar-refractivity contribution is 0.102. The number of nitrogens with one attached hydrogen (secondary N) is 1. The maximum absolute atomic E-state index is 13.4. The predicted molar refractivity (Wildman–Crippen MR) is 130 cm³/mol. The van der Waals surface area contributed by atoms with Crippen LogP contribution in [0.4, 0.5) is 11.4 Å². The van der Waals surface area contributed by atoms with Gasteiger partial charge in [-0.15, -0.1) is 6.58 Å². The highest BCUT2D eigenvalue weighted by molar-refractivity contribution is 7.92. The fourth-order valence-electron chi connectivity index (χ4n) is 3.24. The Morgan fingerprint density at radius 1 is 1.00 bits per heavy atom. The van der Waals surface area contributed by atoms with Crippen molar-refractivity contribution in [3.05, 3.63) is 102 Å². The summed E-state index contributed by atoms with van der Waals surface area (Å²) in [4.78, 5) is 21.3. The Morgan fingerprint density at radius 2 is 1.73 bits per heavy atom. The molecule has 3 aromatic carbocycles.